The molecule has 0 radical (unpaired) electrons. The first-order chi connectivity index (χ1) is 13.9. The molecule has 3 aromatic carbocycles. The fourth-order valence-corrected chi connectivity index (χ4v) is 3.41. The molecule has 0 bridgehead atoms. The molecule has 0 spiro atoms. The van der Waals surface area contributed by atoms with Crippen molar-refractivity contribution in [3.8, 4) is 5.69 Å². The van der Waals surface area contributed by atoms with Crippen LogP contribution in [0.15, 0.2) is 66.7 Å². The fourth-order valence-electron chi connectivity index (χ4n) is 3.41. The van der Waals surface area contributed by atoms with E-state index in [-0.39, 0.29) is 0 Å². The molecular formula is C20H19N7O2. The Balaban J connectivity index is 2.06. The number of hydrogen-bond donors (Lipinski definition) is 4. The van der Waals surface area contributed by atoms with E-state index in [4.69, 9.17) is 23.2 Å². The van der Waals surface area contributed by atoms with Crippen molar-refractivity contribution in [2.45, 2.75) is 0 Å². The lowest BCUT2D eigenvalue weighted by molar-refractivity contribution is 0.253. The van der Waals surface area contributed by atoms with Gasteiger partial charge in [-0.2, -0.15) is 0 Å². The third-order valence-corrected chi connectivity index (χ3v) is 4.78. The number of rotatable bonds is 3. The number of para-hydroxylation sites is 1. The van der Waals surface area contributed by atoms with Gasteiger partial charge < -0.3 is 16.0 Å². The molecule has 0 aliphatic carbocycles. The molecule has 4 rings (SSSR count). The Morgan fingerprint density at radius 3 is 1.55 bits per heavy atom. The number of nitrogens with two attached hydrogens (primary N) is 4. The predicted molar refractivity (Wildman–Crippen MR) is 113 cm³/mol. The second-order valence-electron chi connectivity index (χ2n) is 6.49. The molecule has 0 aliphatic rings. The average Bonchev–Trinajstić information content (AvgIpc) is 3.06. The second kappa shape index (κ2) is 6.82. The summed E-state index contributed by atoms with van der Waals surface area (Å²) >= 11 is 0. The summed E-state index contributed by atoms with van der Waals surface area (Å²) in [4.78, 5) is 23.0. The lowest BCUT2D eigenvalue weighted by atomic mass is 10.1. The standard InChI is InChI=1S/C20H19N7O2/c21-19(28)26(23)13-6-8-17-15(10-13)16-11-14(27(24)20(22)29)7-9-18(16)25(17)12-4-2-1-3-5-12/h1-11H,23-24H2,(H2,21,28)(H2,22,29). The minimum Gasteiger partial charge on any atom is -0.350 e. The summed E-state index contributed by atoms with van der Waals surface area (Å²) in [5.74, 6) is 11.5. The molecule has 0 saturated carbocycles. The monoisotopic (exact) mass is 389 g/mol. The molecule has 4 amide bonds. The van der Waals surface area contributed by atoms with E-state index in [9.17, 15) is 9.59 Å². The molecule has 0 unspecified atom stereocenters. The van der Waals surface area contributed by atoms with Crippen LogP contribution in [0, 0.1) is 0 Å². The molecule has 9 heteroatoms. The van der Waals surface area contributed by atoms with E-state index in [0.29, 0.717) is 11.4 Å². The van der Waals surface area contributed by atoms with E-state index in [2.05, 4.69) is 4.57 Å². The Labute approximate surface area is 165 Å². The molecule has 29 heavy (non-hydrogen) atoms. The normalized spacial score (nSPS) is 11.0. The number of hydrogen-bond acceptors (Lipinski definition) is 4. The zero-order valence-corrected chi connectivity index (χ0v) is 15.3. The van der Waals surface area contributed by atoms with Crippen molar-refractivity contribution < 1.29 is 9.59 Å². The fraction of sp³-hybridized carbons (Fsp3) is 0. The average molecular weight is 389 g/mol. The number of aromatic nitrogens is 1. The number of hydrazine groups is 2. The highest BCUT2D eigenvalue weighted by Crippen LogP contribution is 2.35. The van der Waals surface area contributed by atoms with Crippen molar-refractivity contribution in [2.75, 3.05) is 10.0 Å². The molecule has 9 nitrogen and oxygen atoms in total. The maximum atomic E-state index is 11.5. The van der Waals surface area contributed by atoms with Gasteiger partial charge in [0.2, 0.25) is 0 Å². The molecule has 8 N–H and O–H groups in total. The van der Waals surface area contributed by atoms with E-state index in [0.717, 1.165) is 37.5 Å². The van der Waals surface area contributed by atoms with Gasteiger partial charge in [0.1, 0.15) is 0 Å². The Hall–Kier alpha value is -4.08. The summed E-state index contributed by atoms with van der Waals surface area (Å²) in [6, 6.07) is 18.9. The highest BCUT2D eigenvalue weighted by atomic mass is 16.2. The van der Waals surface area contributed by atoms with Gasteiger partial charge in [-0.1, -0.05) is 18.2 Å². The number of nitrogens with zero attached hydrogens (tertiary/aromatic N) is 3. The maximum absolute atomic E-state index is 11.5. The van der Waals surface area contributed by atoms with Crippen LogP contribution in [0.25, 0.3) is 27.5 Å². The van der Waals surface area contributed by atoms with Gasteiger partial charge in [0.25, 0.3) is 0 Å². The van der Waals surface area contributed by atoms with Crippen LogP contribution in [-0.4, -0.2) is 16.6 Å². The lowest BCUT2D eigenvalue weighted by Crippen LogP contribution is -2.41. The molecular weight excluding hydrogens is 370 g/mol. The first-order valence-electron chi connectivity index (χ1n) is 8.70. The van der Waals surface area contributed by atoms with Crippen molar-refractivity contribution in [1.29, 1.82) is 0 Å². The van der Waals surface area contributed by atoms with E-state index < -0.39 is 12.1 Å². The summed E-state index contributed by atoms with van der Waals surface area (Å²) < 4.78 is 2.06. The summed E-state index contributed by atoms with van der Waals surface area (Å²) in [7, 11) is 0. The second-order valence-corrected chi connectivity index (χ2v) is 6.49. The Morgan fingerprint density at radius 1 is 0.690 bits per heavy atom. The minimum absolute atomic E-state index is 0.432. The number of amides is 4. The van der Waals surface area contributed by atoms with Gasteiger partial charge in [-0.05, 0) is 48.5 Å². The van der Waals surface area contributed by atoms with Crippen molar-refractivity contribution in [3.63, 3.8) is 0 Å². The van der Waals surface area contributed by atoms with E-state index >= 15 is 0 Å². The van der Waals surface area contributed by atoms with Gasteiger partial charge in [0.05, 0.1) is 22.4 Å². The number of fused-ring (bicyclic) bond motifs is 3. The minimum atomic E-state index is -0.779. The van der Waals surface area contributed by atoms with E-state index in [1.807, 2.05) is 42.5 Å². The highest BCUT2D eigenvalue weighted by molar-refractivity contribution is 6.12. The molecule has 0 fully saturated rings. The van der Waals surface area contributed by atoms with Crippen LogP contribution in [-0.2, 0) is 0 Å². The molecule has 0 atom stereocenters. The van der Waals surface area contributed by atoms with Crippen molar-refractivity contribution >= 4 is 45.2 Å². The number of carbonyl (C=O) groups is 2. The zero-order chi connectivity index (χ0) is 20.7. The number of benzene rings is 3. The van der Waals surface area contributed by atoms with Gasteiger partial charge in [-0.3, -0.25) is 0 Å². The molecule has 146 valence electrons. The smallest absolute Gasteiger partial charge is 0.333 e. The summed E-state index contributed by atoms with van der Waals surface area (Å²) in [6.07, 6.45) is 0. The molecule has 1 heterocycles. The molecule has 0 aliphatic heterocycles. The zero-order valence-electron chi connectivity index (χ0n) is 15.3. The van der Waals surface area contributed by atoms with Crippen molar-refractivity contribution in [3.05, 3.63) is 66.7 Å². The van der Waals surface area contributed by atoms with Crippen LogP contribution in [0.2, 0.25) is 0 Å². The molecule has 1 aromatic heterocycles. The van der Waals surface area contributed by atoms with Gasteiger partial charge in [-0.25, -0.2) is 31.3 Å². The maximum Gasteiger partial charge on any atom is 0.333 e. The summed E-state index contributed by atoms with van der Waals surface area (Å²) in [5, 5.41) is 3.34. The molecule has 0 saturated heterocycles. The topological polar surface area (TPSA) is 150 Å². The van der Waals surface area contributed by atoms with Crippen molar-refractivity contribution in [2.24, 2.45) is 23.2 Å². The number of anilines is 2. The number of carbonyl (C=O) groups excluding carboxylic acids is 2. The highest BCUT2D eigenvalue weighted by Gasteiger charge is 2.17. The van der Waals surface area contributed by atoms with E-state index in [1.54, 1.807) is 24.3 Å². The quantitative estimate of drug-likeness (QED) is 0.241. The summed E-state index contributed by atoms with van der Waals surface area (Å²) in [6.45, 7) is 0. The van der Waals surface area contributed by atoms with Crippen LogP contribution in [0.5, 0.6) is 0 Å². The van der Waals surface area contributed by atoms with Gasteiger partial charge in [0, 0.05) is 16.5 Å². The van der Waals surface area contributed by atoms with Crippen LogP contribution in [0.3, 0.4) is 0 Å². The third-order valence-electron chi connectivity index (χ3n) is 4.78. The van der Waals surface area contributed by atoms with Gasteiger partial charge in [0.15, 0.2) is 0 Å². The first kappa shape index (κ1) is 18.3. The largest absolute Gasteiger partial charge is 0.350 e. The summed E-state index contributed by atoms with van der Waals surface area (Å²) in [5.41, 5.74) is 14.2. The van der Waals surface area contributed by atoms with Crippen LogP contribution < -0.4 is 33.2 Å². The third kappa shape index (κ3) is 3.00. The SMILES string of the molecule is NC(=O)N(N)c1ccc2c(c1)c1cc(N(N)C(N)=O)ccc1n2-c1ccccc1. The van der Waals surface area contributed by atoms with Gasteiger partial charge >= 0.3 is 12.1 Å². The van der Waals surface area contributed by atoms with Gasteiger partial charge in [-0.15, -0.1) is 0 Å². The molecule has 4 aromatic rings. The Kier molecular flexibility index (Phi) is 4.30. The van der Waals surface area contributed by atoms with Crippen molar-refractivity contribution in [1.82, 2.24) is 4.57 Å². The number of urea groups is 2. The Morgan fingerprint density at radius 2 is 1.14 bits per heavy atom. The lowest BCUT2D eigenvalue weighted by Gasteiger charge is -2.14. The Bertz CT molecular complexity index is 1170. The van der Waals surface area contributed by atoms with Crippen LogP contribution >= 0.6 is 0 Å². The number of primary amides is 2. The first-order valence-corrected chi connectivity index (χ1v) is 8.70. The van der Waals surface area contributed by atoms with E-state index in [1.165, 1.54) is 0 Å². The predicted octanol–water partition coefficient (Wildman–Crippen LogP) is 2.30. The van der Waals surface area contributed by atoms with Crippen LogP contribution in [0.4, 0.5) is 21.0 Å². The van der Waals surface area contributed by atoms with Crippen LogP contribution in [0.1, 0.15) is 0 Å².